The van der Waals surface area contributed by atoms with Crippen molar-refractivity contribution < 1.29 is 19.4 Å². The Balaban J connectivity index is 3.25. The van der Waals surface area contributed by atoms with Gasteiger partial charge in [0.2, 0.25) is 0 Å². The van der Waals surface area contributed by atoms with Crippen molar-refractivity contribution in [2.24, 2.45) is 5.73 Å². The number of carbonyl (C=O) groups excluding carboxylic acids is 2. The number of hydrogen-bond donors (Lipinski definition) is 2. The molecule has 0 aliphatic carbocycles. The van der Waals surface area contributed by atoms with Gasteiger partial charge in [-0.15, -0.1) is 0 Å². The van der Waals surface area contributed by atoms with Gasteiger partial charge in [-0.2, -0.15) is 0 Å². The van der Waals surface area contributed by atoms with Crippen LogP contribution in [0.3, 0.4) is 0 Å². The van der Waals surface area contributed by atoms with Crippen molar-refractivity contribution in [3.05, 3.63) is 20.6 Å². The molecule has 1 aromatic rings. The minimum atomic E-state index is -0.653. The number of hydrogen-bond acceptors (Lipinski definition) is 5. The average molecular weight is 353 g/mol. The first-order valence-corrected chi connectivity index (χ1v) is 5.66. The zero-order valence-electron chi connectivity index (χ0n) is 7.87. The first-order valence-electron chi connectivity index (χ1n) is 4.08. The van der Waals surface area contributed by atoms with E-state index >= 15 is 0 Å². The molecule has 0 aromatic heterocycles. The smallest absolute Gasteiger partial charge is 0.325 e. The van der Waals surface area contributed by atoms with Crippen LogP contribution in [0.2, 0.25) is 0 Å². The Morgan fingerprint density at radius 1 is 1.56 bits per heavy atom. The van der Waals surface area contributed by atoms with Crippen LogP contribution in [0.5, 0.6) is 11.5 Å². The Bertz CT molecular complexity index is 448. The summed E-state index contributed by atoms with van der Waals surface area (Å²) in [7, 11) is 0. The van der Waals surface area contributed by atoms with Crippen molar-refractivity contribution in [2.75, 3.05) is 6.54 Å². The highest BCUT2D eigenvalue weighted by Crippen LogP contribution is 2.41. The SMILES string of the molecule is NCC(=O)Oc1c(Br)cc(C=O)c(O)c1Br. The van der Waals surface area contributed by atoms with Crippen LogP contribution in [-0.2, 0) is 4.79 Å². The van der Waals surface area contributed by atoms with E-state index in [0.717, 1.165) is 0 Å². The van der Waals surface area contributed by atoms with Gasteiger partial charge in [0, 0.05) is 0 Å². The molecule has 16 heavy (non-hydrogen) atoms. The third-order valence-electron chi connectivity index (χ3n) is 1.69. The summed E-state index contributed by atoms with van der Waals surface area (Å²) in [4.78, 5) is 21.6. The van der Waals surface area contributed by atoms with Crippen molar-refractivity contribution >= 4 is 44.1 Å². The summed E-state index contributed by atoms with van der Waals surface area (Å²) in [6, 6.07) is 1.34. The highest BCUT2D eigenvalue weighted by Gasteiger charge is 2.17. The Morgan fingerprint density at radius 2 is 2.19 bits per heavy atom. The largest absolute Gasteiger partial charge is 0.506 e. The van der Waals surface area contributed by atoms with Crippen molar-refractivity contribution in [1.29, 1.82) is 0 Å². The molecule has 0 saturated carbocycles. The molecule has 0 amide bonds. The van der Waals surface area contributed by atoms with Crippen molar-refractivity contribution in [1.82, 2.24) is 0 Å². The monoisotopic (exact) mass is 351 g/mol. The number of rotatable bonds is 3. The molecule has 0 spiro atoms. The van der Waals surface area contributed by atoms with Gasteiger partial charge in [-0.05, 0) is 37.9 Å². The Morgan fingerprint density at radius 3 is 2.69 bits per heavy atom. The second kappa shape index (κ2) is 5.42. The van der Waals surface area contributed by atoms with Crippen molar-refractivity contribution in [2.45, 2.75) is 0 Å². The van der Waals surface area contributed by atoms with Crippen molar-refractivity contribution in [3.8, 4) is 11.5 Å². The highest BCUT2D eigenvalue weighted by atomic mass is 79.9. The third kappa shape index (κ3) is 2.60. The van der Waals surface area contributed by atoms with Gasteiger partial charge in [0.25, 0.3) is 0 Å². The van der Waals surface area contributed by atoms with E-state index in [1.165, 1.54) is 6.07 Å². The molecule has 0 bridgehead atoms. The van der Waals surface area contributed by atoms with Gasteiger partial charge in [-0.1, -0.05) is 0 Å². The van der Waals surface area contributed by atoms with E-state index < -0.39 is 5.97 Å². The number of benzene rings is 1. The Labute approximate surface area is 108 Å². The quantitative estimate of drug-likeness (QED) is 0.490. The maximum absolute atomic E-state index is 11.0. The molecule has 5 nitrogen and oxygen atoms in total. The lowest BCUT2D eigenvalue weighted by Crippen LogP contribution is -2.19. The summed E-state index contributed by atoms with van der Waals surface area (Å²) in [5, 5.41) is 9.57. The molecular weight excluding hydrogens is 346 g/mol. The van der Waals surface area contributed by atoms with Crippen LogP contribution in [0.4, 0.5) is 0 Å². The van der Waals surface area contributed by atoms with E-state index in [1.807, 2.05) is 0 Å². The number of aromatic hydroxyl groups is 1. The standard InChI is InChI=1S/C9H7Br2NO4/c10-5-1-4(3-13)8(15)7(11)9(5)16-6(14)2-12/h1,3,15H,2,12H2. The van der Waals surface area contributed by atoms with Gasteiger partial charge in [0.05, 0.1) is 16.6 Å². The molecular formula is C9H7Br2NO4. The van der Waals surface area contributed by atoms with Gasteiger partial charge >= 0.3 is 5.97 Å². The van der Waals surface area contributed by atoms with Crippen molar-refractivity contribution in [3.63, 3.8) is 0 Å². The summed E-state index contributed by atoms with van der Waals surface area (Å²) in [6.07, 6.45) is 0.486. The third-order valence-corrected chi connectivity index (χ3v) is 3.01. The van der Waals surface area contributed by atoms with E-state index in [2.05, 4.69) is 31.9 Å². The molecule has 0 aliphatic heterocycles. The number of nitrogens with two attached hydrogens (primary N) is 1. The fraction of sp³-hybridized carbons (Fsp3) is 0.111. The summed E-state index contributed by atoms with van der Waals surface area (Å²) >= 11 is 6.14. The predicted molar refractivity (Wildman–Crippen MR) is 63.6 cm³/mol. The highest BCUT2D eigenvalue weighted by molar-refractivity contribution is 9.11. The van der Waals surface area contributed by atoms with Gasteiger partial charge < -0.3 is 15.6 Å². The van der Waals surface area contributed by atoms with Gasteiger partial charge in [0.15, 0.2) is 12.0 Å². The molecule has 86 valence electrons. The number of halogens is 2. The fourth-order valence-corrected chi connectivity index (χ4v) is 2.26. The lowest BCUT2D eigenvalue weighted by molar-refractivity contribution is -0.132. The van der Waals surface area contributed by atoms with Gasteiger partial charge in [-0.3, -0.25) is 9.59 Å². The predicted octanol–water partition coefficient (Wildman–Crippen LogP) is 1.59. The second-order valence-corrected chi connectivity index (χ2v) is 4.38. The minimum absolute atomic E-state index is 0.0753. The van der Waals surface area contributed by atoms with E-state index in [-0.39, 0.29) is 28.1 Å². The van der Waals surface area contributed by atoms with E-state index in [4.69, 9.17) is 10.5 Å². The van der Waals surface area contributed by atoms with E-state index in [0.29, 0.717) is 10.8 Å². The van der Waals surface area contributed by atoms with E-state index in [9.17, 15) is 14.7 Å². The number of esters is 1. The van der Waals surface area contributed by atoms with Crippen LogP contribution in [0.25, 0.3) is 0 Å². The fourth-order valence-electron chi connectivity index (χ4n) is 0.948. The number of carbonyl (C=O) groups is 2. The molecule has 0 saturated heterocycles. The molecule has 0 heterocycles. The normalized spacial score (nSPS) is 9.94. The molecule has 0 aliphatic rings. The second-order valence-electron chi connectivity index (χ2n) is 2.74. The number of phenolic OH excluding ortho intramolecular Hbond substituents is 1. The van der Waals surface area contributed by atoms with Crippen LogP contribution >= 0.6 is 31.9 Å². The van der Waals surface area contributed by atoms with Gasteiger partial charge in [0.1, 0.15) is 10.2 Å². The molecule has 0 fully saturated rings. The summed E-state index contributed by atoms with van der Waals surface area (Å²) in [5.74, 6) is -0.865. The Hall–Kier alpha value is -0.920. The van der Waals surface area contributed by atoms with Crippen LogP contribution in [0.15, 0.2) is 15.0 Å². The first kappa shape index (κ1) is 13.1. The zero-order valence-corrected chi connectivity index (χ0v) is 11.0. The first-order chi connectivity index (χ1) is 7.51. The van der Waals surface area contributed by atoms with E-state index in [1.54, 1.807) is 0 Å². The molecule has 0 unspecified atom stereocenters. The van der Waals surface area contributed by atoms with Gasteiger partial charge in [-0.25, -0.2) is 0 Å². The number of aldehydes is 1. The van der Waals surface area contributed by atoms with Crippen LogP contribution in [-0.4, -0.2) is 23.9 Å². The zero-order chi connectivity index (χ0) is 12.3. The average Bonchev–Trinajstić information content (AvgIpc) is 2.28. The van der Waals surface area contributed by atoms with Crippen LogP contribution in [0, 0.1) is 0 Å². The minimum Gasteiger partial charge on any atom is -0.506 e. The molecule has 1 rings (SSSR count). The summed E-state index contributed by atoms with van der Waals surface area (Å²) in [6.45, 7) is -0.283. The Kier molecular flexibility index (Phi) is 4.45. The maximum Gasteiger partial charge on any atom is 0.325 e. The number of phenols is 1. The lowest BCUT2D eigenvalue weighted by atomic mass is 10.2. The molecule has 3 N–H and O–H groups in total. The topological polar surface area (TPSA) is 89.6 Å². The molecule has 7 heteroatoms. The summed E-state index contributed by atoms with van der Waals surface area (Å²) in [5.41, 5.74) is 5.17. The number of ether oxygens (including phenoxy) is 1. The molecule has 0 atom stereocenters. The van der Waals surface area contributed by atoms with Crippen LogP contribution in [0.1, 0.15) is 10.4 Å². The summed E-state index contributed by atoms with van der Waals surface area (Å²) < 4.78 is 5.35. The maximum atomic E-state index is 11.0. The molecule has 1 aromatic carbocycles. The molecule has 0 radical (unpaired) electrons. The van der Waals surface area contributed by atoms with Crippen LogP contribution < -0.4 is 10.5 Å². The lowest BCUT2D eigenvalue weighted by Gasteiger charge is -2.10.